The molecule has 1 aliphatic heterocycles. The molecule has 0 unspecified atom stereocenters. The van der Waals surface area contributed by atoms with Gasteiger partial charge in [0.15, 0.2) is 5.76 Å². The number of hydrogen-bond acceptors (Lipinski definition) is 3. The van der Waals surface area contributed by atoms with E-state index >= 15 is 0 Å². The molecule has 0 fully saturated rings. The van der Waals surface area contributed by atoms with Crippen molar-refractivity contribution in [1.29, 1.82) is 0 Å². The van der Waals surface area contributed by atoms with Crippen LogP contribution in [0.15, 0.2) is 84.6 Å². The van der Waals surface area contributed by atoms with Crippen LogP contribution in [0.5, 0.6) is 11.5 Å². The van der Waals surface area contributed by atoms with Crippen molar-refractivity contribution in [3.63, 3.8) is 0 Å². The molecular weight excluding hydrogens is 338 g/mol. The van der Waals surface area contributed by atoms with Gasteiger partial charge >= 0.3 is 0 Å². The number of benzene rings is 3. The summed E-state index contributed by atoms with van der Waals surface area (Å²) in [7, 11) is 1.62. The number of rotatable bonds is 3. The Morgan fingerprint density at radius 3 is 2.37 bits per heavy atom. The first-order valence-corrected chi connectivity index (χ1v) is 8.73. The Labute approximate surface area is 158 Å². The van der Waals surface area contributed by atoms with E-state index in [0.717, 1.165) is 22.6 Å². The molecule has 1 aliphatic rings. The predicted molar refractivity (Wildman–Crippen MR) is 106 cm³/mol. The molecule has 3 aromatic rings. The lowest BCUT2D eigenvalue weighted by molar-refractivity contribution is -0.116. The maximum Gasteiger partial charge on any atom is 0.294 e. The second-order valence-corrected chi connectivity index (χ2v) is 6.22. The van der Waals surface area contributed by atoms with Crippen molar-refractivity contribution in [2.45, 2.75) is 6.54 Å². The van der Waals surface area contributed by atoms with E-state index in [-0.39, 0.29) is 5.91 Å². The van der Waals surface area contributed by atoms with Gasteiger partial charge in [-0.25, -0.2) is 0 Å². The number of methoxy groups -OCH3 is 1. The van der Waals surface area contributed by atoms with Crippen molar-refractivity contribution in [2.75, 3.05) is 12.0 Å². The van der Waals surface area contributed by atoms with E-state index < -0.39 is 0 Å². The first-order chi connectivity index (χ1) is 13.2. The van der Waals surface area contributed by atoms with Crippen LogP contribution in [-0.4, -0.2) is 13.0 Å². The average Bonchev–Trinajstić information content (AvgIpc) is 2.86. The number of carbonyl (C=O) groups is 1. The molecule has 3 aromatic carbocycles. The van der Waals surface area contributed by atoms with E-state index in [1.807, 2.05) is 78.9 Å². The Balaban J connectivity index is 1.78. The standard InChI is InChI=1S/C23H19NO3/c1-26-20-13-11-19(12-14-20)24-16-18-9-5-6-10-21(18)27-22(23(24)25)15-17-7-3-2-4-8-17/h2-15H,16H2,1H3. The highest BCUT2D eigenvalue weighted by atomic mass is 16.5. The monoisotopic (exact) mass is 357 g/mol. The number of ether oxygens (including phenoxy) is 2. The van der Waals surface area contributed by atoms with E-state index in [0.29, 0.717) is 18.1 Å². The van der Waals surface area contributed by atoms with Crippen molar-refractivity contribution >= 4 is 17.7 Å². The molecule has 4 heteroatoms. The van der Waals surface area contributed by atoms with Gasteiger partial charge in [-0.15, -0.1) is 0 Å². The van der Waals surface area contributed by atoms with Gasteiger partial charge in [-0.1, -0.05) is 48.5 Å². The molecule has 0 spiro atoms. The van der Waals surface area contributed by atoms with Crippen LogP contribution in [0.1, 0.15) is 11.1 Å². The van der Waals surface area contributed by atoms with Gasteiger partial charge in [-0.05, 0) is 42.0 Å². The zero-order valence-corrected chi connectivity index (χ0v) is 15.0. The highest BCUT2D eigenvalue weighted by Gasteiger charge is 2.27. The van der Waals surface area contributed by atoms with Crippen LogP contribution in [-0.2, 0) is 11.3 Å². The number of carbonyl (C=O) groups excluding carboxylic acids is 1. The molecule has 0 bridgehead atoms. The highest BCUT2D eigenvalue weighted by Crippen LogP contribution is 2.31. The molecule has 0 aliphatic carbocycles. The van der Waals surface area contributed by atoms with E-state index in [1.165, 1.54) is 0 Å². The van der Waals surface area contributed by atoms with Crippen LogP contribution >= 0.6 is 0 Å². The third-order valence-corrected chi connectivity index (χ3v) is 4.46. The minimum Gasteiger partial charge on any atom is -0.497 e. The van der Waals surface area contributed by atoms with Gasteiger partial charge in [0.25, 0.3) is 5.91 Å². The van der Waals surface area contributed by atoms with Crippen molar-refractivity contribution in [1.82, 2.24) is 0 Å². The topological polar surface area (TPSA) is 38.8 Å². The average molecular weight is 357 g/mol. The van der Waals surface area contributed by atoms with Gasteiger partial charge in [0.2, 0.25) is 0 Å². The summed E-state index contributed by atoms with van der Waals surface area (Å²) in [6, 6.07) is 24.9. The lowest BCUT2D eigenvalue weighted by atomic mass is 10.1. The van der Waals surface area contributed by atoms with Gasteiger partial charge in [-0.2, -0.15) is 0 Å². The molecule has 27 heavy (non-hydrogen) atoms. The summed E-state index contributed by atoms with van der Waals surface area (Å²) in [6.07, 6.45) is 1.78. The minimum absolute atomic E-state index is 0.180. The third-order valence-electron chi connectivity index (χ3n) is 4.46. The predicted octanol–water partition coefficient (Wildman–Crippen LogP) is 4.66. The van der Waals surface area contributed by atoms with Crippen molar-refractivity contribution < 1.29 is 14.3 Å². The number of para-hydroxylation sites is 1. The lowest BCUT2D eigenvalue weighted by Gasteiger charge is -2.21. The Hall–Kier alpha value is -3.53. The van der Waals surface area contributed by atoms with Crippen LogP contribution in [0, 0.1) is 0 Å². The first-order valence-electron chi connectivity index (χ1n) is 8.73. The summed E-state index contributed by atoms with van der Waals surface area (Å²) >= 11 is 0. The summed E-state index contributed by atoms with van der Waals surface area (Å²) in [5.74, 6) is 1.56. The lowest BCUT2D eigenvalue weighted by Crippen LogP contribution is -2.31. The number of amides is 1. The largest absolute Gasteiger partial charge is 0.497 e. The zero-order valence-electron chi connectivity index (χ0n) is 15.0. The first kappa shape index (κ1) is 16.9. The number of anilines is 1. The number of fused-ring (bicyclic) bond motifs is 1. The molecule has 0 N–H and O–H groups in total. The molecule has 0 atom stereocenters. The fraction of sp³-hybridized carbons (Fsp3) is 0.0870. The van der Waals surface area contributed by atoms with Gasteiger partial charge in [0.1, 0.15) is 11.5 Å². The zero-order chi connectivity index (χ0) is 18.6. The maximum absolute atomic E-state index is 13.3. The van der Waals surface area contributed by atoms with E-state index in [2.05, 4.69) is 0 Å². The second-order valence-electron chi connectivity index (χ2n) is 6.22. The summed E-state index contributed by atoms with van der Waals surface area (Å²) in [5, 5.41) is 0. The number of hydrogen-bond donors (Lipinski definition) is 0. The summed E-state index contributed by atoms with van der Waals surface area (Å²) in [4.78, 5) is 15.0. The van der Waals surface area contributed by atoms with Gasteiger partial charge in [0, 0.05) is 11.3 Å². The smallest absolute Gasteiger partial charge is 0.294 e. The SMILES string of the molecule is COc1ccc(N2Cc3ccccc3OC(=Cc3ccccc3)C2=O)cc1. The molecule has 0 radical (unpaired) electrons. The Morgan fingerprint density at radius 2 is 1.63 bits per heavy atom. The van der Waals surface area contributed by atoms with E-state index in [9.17, 15) is 4.79 Å². The maximum atomic E-state index is 13.3. The minimum atomic E-state index is -0.180. The molecular formula is C23H19NO3. The quantitative estimate of drug-likeness (QED) is 0.640. The molecule has 4 nitrogen and oxygen atoms in total. The van der Waals surface area contributed by atoms with Gasteiger partial charge in [0.05, 0.1) is 13.7 Å². The summed E-state index contributed by atoms with van der Waals surface area (Å²) < 4.78 is 11.2. The normalized spacial score (nSPS) is 15.1. The van der Waals surface area contributed by atoms with Crippen LogP contribution in [0.25, 0.3) is 6.08 Å². The fourth-order valence-corrected chi connectivity index (χ4v) is 3.03. The molecule has 1 amide bonds. The number of nitrogens with zero attached hydrogens (tertiary/aromatic N) is 1. The Bertz CT molecular complexity index is 978. The second kappa shape index (κ2) is 7.38. The molecule has 0 saturated heterocycles. The van der Waals surface area contributed by atoms with Crippen molar-refractivity contribution in [3.05, 3.63) is 95.7 Å². The van der Waals surface area contributed by atoms with Gasteiger partial charge in [-0.3, -0.25) is 4.79 Å². The molecule has 4 rings (SSSR count). The van der Waals surface area contributed by atoms with Crippen LogP contribution in [0.3, 0.4) is 0 Å². The summed E-state index contributed by atoms with van der Waals surface area (Å²) in [5.41, 5.74) is 2.66. The summed E-state index contributed by atoms with van der Waals surface area (Å²) in [6.45, 7) is 0.438. The third kappa shape index (κ3) is 3.55. The van der Waals surface area contributed by atoms with Crippen molar-refractivity contribution in [3.8, 4) is 11.5 Å². The van der Waals surface area contributed by atoms with E-state index in [1.54, 1.807) is 18.1 Å². The van der Waals surface area contributed by atoms with Crippen molar-refractivity contribution in [2.24, 2.45) is 0 Å². The Morgan fingerprint density at radius 1 is 0.926 bits per heavy atom. The van der Waals surface area contributed by atoms with Crippen LogP contribution in [0.2, 0.25) is 0 Å². The highest BCUT2D eigenvalue weighted by molar-refractivity contribution is 6.07. The van der Waals surface area contributed by atoms with Crippen LogP contribution in [0.4, 0.5) is 5.69 Å². The van der Waals surface area contributed by atoms with Gasteiger partial charge < -0.3 is 14.4 Å². The molecule has 0 aromatic heterocycles. The van der Waals surface area contributed by atoms with E-state index in [4.69, 9.17) is 9.47 Å². The van der Waals surface area contributed by atoms with Crippen LogP contribution < -0.4 is 14.4 Å². The fourth-order valence-electron chi connectivity index (χ4n) is 3.03. The molecule has 134 valence electrons. The molecule has 0 saturated carbocycles. The molecule has 1 heterocycles. The Kier molecular flexibility index (Phi) is 4.62.